The van der Waals surface area contributed by atoms with Crippen LogP contribution in [0.1, 0.15) is 16.1 Å². The topological polar surface area (TPSA) is 100 Å². The van der Waals surface area contributed by atoms with E-state index in [4.69, 9.17) is 4.42 Å². The lowest BCUT2D eigenvalue weighted by Crippen LogP contribution is -2.30. The molecule has 0 saturated carbocycles. The van der Waals surface area contributed by atoms with Crippen LogP contribution in [0.25, 0.3) is 17.4 Å². The van der Waals surface area contributed by atoms with Gasteiger partial charge in [-0.25, -0.2) is 17.6 Å². The van der Waals surface area contributed by atoms with Gasteiger partial charge in [-0.05, 0) is 60.7 Å². The zero-order valence-corrected chi connectivity index (χ0v) is 26.4. The molecule has 47 heavy (non-hydrogen) atoms. The number of hydrogen-bond donors (Lipinski definition) is 3. The van der Waals surface area contributed by atoms with Gasteiger partial charge in [-0.3, -0.25) is 14.4 Å². The monoisotopic (exact) mass is 723 g/mol. The van der Waals surface area contributed by atoms with Crippen LogP contribution in [0.5, 0.6) is 0 Å². The van der Waals surface area contributed by atoms with Crippen molar-refractivity contribution >= 4 is 62.9 Å². The maximum Gasteiger partial charge on any atom is 0.272 e. The average molecular weight is 725 g/mol. The first kappa shape index (κ1) is 33.2. The van der Waals surface area contributed by atoms with Crippen molar-refractivity contribution in [1.82, 2.24) is 5.32 Å². The maximum absolute atomic E-state index is 13.9. The molecule has 0 saturated heterocycles. The Labute approximate surface area is 278 Å². The number of benzene rings is 4. The molecule has 0 aliphatic carbocycles. The van der Waals surface area contributed by atoms with Crippen molar-refractivity contribution in [3.63, 3.8) is 0 Å². The number of carbonyl (C=O) groups is 3. The van der Waals surface area contributed by atoms with Gasteiger partial charge in [0.2, 0.25) is 5.91 Å². The quantitative estimate of drug-likeness (QED) is 0.0582. The average Bonchev–Trinajstić information content (AvgIpc) is 3.54. The summed E-state index contributed by atoms with van der Waals surface area (Å²) in [4.78, 5) is 39.1. The number of anilines is 2. The van der Waals surface area contributed by atoms with Crippen LogP contribution in [-0.4, -0.2) is 23.5 Å². The molecule has 0 atom stereocenters. The molecule has 0 unspecified atom stereocenters. The number of furan rings is 1. The lowest BCUT2D eigenvalue weighted by molar-refractivity contribution is -0.114. The molecule has 5 aromatic rings. The van der Waals surface area contributed by atoms with Gasteiger partial charge in [-0.1, -0.05) is 46.3 Å². The molecule has 0 radical (unpaired) electrons. The molecular weight excluding hydrogens is 702 g/mol. The second-order valence-corrected chi connectivity index (χ2v) is 11.7. The highest BCUT2D eigenvalue weighted by Crippen LogP contribution is 2.27. The first-order valence-electron chi connectivity index (χ1n) is 13.7. The highest BCUT2D eigenvalue weighted by molar-refractivity contribution is 9.10. The van der Waals surface area contributed by atoms with E-state index in [1.54, 1.807) is 54.6 Å². The summed E-state index contributed by atoms with van der Waals surface area (Å²) in [6.45, 7) is 0. The summed E-state index contributed by atoms with van der Waals surface area (Å²) >= 11 is 4.36. The highest BCUT2D eigenvalue weighted by Gasteiger charge is 2.21. The highest BCUT2D eigenvalue weighted by atomic mass is 79.9. The van der Waals surface area contributed by atoms with Crippen molar-refractivity contribution in [2.75, 3.05) is 16.4 Å². The van der Waals surface area contributed by atoms with Crippen molar-refractivity contribution < 1.29 is 36.4 Å². The third-order valence-electron chi connectivity index (χ3n) is 6.43. The molecule has 1 aromatic heterocycles. The third-order valence-corrected chi connectivity index (χ3v) is 7.97. The Hall–Kier alpha value is -5.14. The van der Waals surface area contributed by atoms with E-state index in [2.05, 4.69) is 26.6 Å². The minimum Gasteiger partial charge on any atom is -0.457 e. The molecule has 0 spiro atoms. The zero-order chi connectivity index (χ0) is 33.5. The molecule has 0 fully saturated rings. The Morgan fingerprint density at radius 1 is 0.787 bits per heavy atom. The van der Waals surface area contributed by atoms with E-state index in [1.807, 2.05) is 29.6 Å². The zero-order valence-electron chi connectivity index (χ0n) is 24.0. The van der Waals surface area contributed by atoms with E-state index in [1.165, 1.54) is 18.2 Å². The third kappa shape index (κ3) is 8.57. The standard InChI is InChI=1S/C34H22BrF4N3O4S/c35-21-8-6-19(7-9-21)28-15-12-23(46-28)16-27(41-33(44)20-4-2-1-3-5-20)34(45)40-22-10-13-24(14-11-22)47-18-29(43)42-32-30(38)25(36)17-26(37)31(32)39/h1-17H,18H2,(H,40,45)(H,41,44)(H,42,43). The van der Waals surface area contributed by atoms with Crippen molar-refractivity contribution in [3.05, 3.63) is 142 Å². The molecule has 4 aromatic carbocycles. The van der Waals surface area contributed by atoms with Gasteiger partial charge < -0.3 is 20.4 Å². The van der Waals surface area contributed by atoms with Crippen LogP contribution in [0.3, 0.4) is 0 Å². The smallest absolute Gasteiger partial charge is 0.272 e. The van der Waals surface area contributed by atoms with Crippen molar-refractivity contribution in [1.29, 1.82) is 0 Å². The summed E-state index contributed by atoms with van der Waals surface area (Å²) in [5.41, 5.74) is 0.176. The number of nitrogens with one attached hydrogen (secondary N) is 3. The Balaban J connectivity index is 1.27. The van der Waals surface area contributed by atoms with Crippen molar-refractivity contribution in [3.8, 4) is 11.3 Å². The van der Waals surface area contributed by atoms with Gasteiger partial charge in [0.1, 0.15) is 22.9 Å². The number of halogens is 5. The minimum absolute atomic E-state index is 0.0451. The molecule has 238 valence electrons. The molecule has 7 nitrogen and oxygen atoms in total. The Morgan fingerprint density at radius 3 is 2.11 bits per heavy atom. The Kier molecular flexibility index (Phi) is 10.6. The summed E-state index contributed by atoms with van der Waals surface area (Å²) < 4.78 is 61.4. The van der Waals surface area contributed by atoms with Crippen LogP contribution in [0.4, 0.5) is 28.9 Å². The van der Waals surface area contributed by atoms with Crippen LogP contribution in [0.15, 0.2) is 117 Å². The summed E-state index contributed by atoms with van der Waals surface area (Å²) in [6, 6.07) is 25.4. The van der Waals surface area contributed by atoms with E-state index < -0.39 is 46.7 Å². The lowest BCUT2D eigenvalue weighted by atomic mass is 10.2. The summed E-state index contributed by atoms with van der Waals surface area (Å²) in [5, 5.41) is 7.18. The van der Waals surface area contributed by atoms with Crippen molar-refractivity contribution in [2.45, 2.75) is 4.90 Å². The maximum atomic E-state index is 13.9. The van der Waals surface area contributed by atoms with Crippen molar-refractivity contribution in [2.24, 2.45) is 0 Å². The predicted octanol–water partition coefficient (Wildman–Crippen LogP) is 8.41. The van der Waals surface area contributed by atoms with Gasteiger partial charge in [0.05, 0.1) is 5.75 Å². The minimum atomic E-state index is -1.71. The van der Waals surface area contributed by atoms with Gasteiger partial charge in [0, 0.05) is 38.3 Å². The molecule has 3 amide bonds. The summed E-state index contributed by atoms with van der Waals surface area (Å²) in [7, 11) is 0. The normalized spacial score (nSPS) is 11.2. The number of carbonyl (C=O) groups excluding carboxylic acids is 3. The number of hydrogen-bond acceptors (Lipinski definition) is 5. The van der Waals surface area contributed by atoms with Crippen LogP contribution in [0, 0.1) is 23.3 Å². The van der Waals surface area contributed by atoms with Crippen LogP contribution < -0.4 is 16.0 Å². The molecular formula is C34H22BrF4N3O4S. The van der Waals surface area contributed by atoms with E-state index in [-0.39, 0.29) is 17.5 Å². The second kappa shape index (κ2) is 15.0. The van der Waals surface area contributed by atoms with Gasteiger partial charge in [0.15, 0.2) is 23.3 Å². The van der Waals surface area contributed by atoms with E-state index >= 15 is 0 Å². The van der Waals surface area contributed by atoms with Gasteiger partial charge in [0.25, 0.3) is 11.8 Å². The Morgan fingerprint density at radius 2 is 1.45 bits per heavy atom. The van der Waals surface area contributed by atoms with Crippen LogP contribution >= 0.6 is 27.7 Å². The van der Waals surface area contributed by atoms with Gasteiger partial charge in [-0.15, -0.1) is 11.8 Å². The molecule has 0 bridgehead atoms. The van der Waals surface area contributed by atoms with E-state index in [0.29, 0.717) is 27.7 Å². The van der Waals surface area contributed by atoms with Crippen LogP contribution in [-0.2, 0) is 9.59 Å². The SMILES string of the molecule is O=C(CSc1ccc(NC(=O)C(=Cc2ccc(-c3ccc(Br)cc3)o2)NC(=O)c2ccccc2)cc1)Nc1c(F)c(F)cc(F)c1F. The number of amides is 3. The molecule has 13 heteroatoms. The number of thioether (sulfide) groups is 1. The largest absolute Gasteiger partial charge is 0.457 e. The fourth-order valence-electron chi connectivity index (χ4n) is 4.12. The fourth-order valence-corrected chi connectivity index (χ4v) is 5.09. The number of rotatable bonds is 10. The van der Waals surface area contributed by atoms with E-state index in [0.717, 1.165) is 21.8 Å². The molecule has 0 aliphatic heterocycles. The molecule has 0 aliphatic rings. The first-order chi connectivity index (χ1) is 22.6. The van der Waals surface area contributed by atoms with Gasteiger partial charge in [-0.2, -0.15) is 0 Å². The van der Waals surface area contributed by atoms with Gasteiger partial charge >= 0.3 is 0 Å². The van der Waals surface area contributed by atoms with Crippen LogP contribution in [0.2, 0.25) is 0 Å². The molecule has 5 rings (SSSR count). The summed E-state index contributed by atoms with van der Waals surface area (Å²) in [5.74, 6) is -8.26. The predicted molar refractivity (Wildman–Crippen MR) is 174 cm³/mol. The Bertz CT molecular complexity index is 1940. The first-order valence-corrected chi connectivity index (χ1v) is 15.5. The second-order valence-electron chi connectivity index (χ2n) is 9.75. The lowest BCUT2D eigenvalue weighted by Gasteiger charge is -2.11. The molecule has 3 N–H and O–H groups in total. The summed E-state index contributed by atoms with van der Waals surface area (Å²) in [6.07, 6.45) is 1.40. The van der Waals surface area contributed by atoms with E-state index in [9.17, 15) is 31.9 Å². The molecule has 1 heterocycles. The fraction of sp³-hybridized carbons (Fsp3) is 0.0294.